The molecule has 0 aliphatic heterocycles. The van der Waals surface area contributed by atoms with E-state index in [1.807, 2.05) is 60.7 Å². The van der Waals surface area contributed by atoms with Crippen molar-refractivity contribution in [2.24, 2.45) is 5.10 Å². The summed E-state index contributed by atoms with van der Waals surface area (Å²) in [4.78, 5) is 12.2. The summed E-state index contributed by atoms with van der Waals surface area (Å²) in [5.74, 6) is -0.0472. The van der Waals surface area contributed by atoms with Crippen LogP contribution < -0.4 is 5.43 Å². The van der Waals surface area contributed by atoms with E-state index in [4.69, 9.17) is 11.6 Å². The number of allylic oxidation sites excluding steroid dienone is 1. The summed E-state index contributed by atoms with van der Waals surface area (Å²) >= 11 is 5.99. The SMILES string of the molecule is C=CCCCCCCCCC(=O)N/N=C(\c1ccccc1)c1ccc(Cl)cc1. The van der Waals surface area contributed by atoms with Crippen molar-refractivity contribution in [1.29, 1.82) is 0 Å². The highest BCUT2D eigenvalue weighted by molar-refractivity contribution is 6.30. The zero-order valence-corrected chi connectivity index (χ0v) is 17.1. The number of hydrogen-bond acceptors (Lipinski definition) is 2. The Morgan fingerprint density at radius 3 is 2.18 bits per heavy atom. The van der Waals surface area contributed by atoms with Gasteiger partial charge in [-0.3, -0.25) is 4.79 Å². The van der Waals surface area contributed by atoms with Crippen molar-refractivity contribution in [3.8, 4) is 0 Å². The highest BCUT2D eigenvalue weighted by Crippen LogP contribution is 2.15. The summed E-state index contributed by atoms with van der Waals surface area (Å²) in [7, 11) is 0. The average molecular weight is 397 g/mol. The van der Waals surface area contributed by atoms with Crippen LogP contribution in [0.1, 0.15) is 62.5 Å². The van der Waals surface area contributed by atoms with E-state index < -0.39 is 0 Å². The number of unbranched alkanes of at least 4 members (excludes halogenated alkanes) is 6. The molecule has 0 radical (unpaired) electrons. The summed E-state index contributed by atoms with van der Waals surface area (Å²) in [6, 6.07) is 17.3. The molecule has 3 nitrogen and oxygen atoms in total. The molecular formula is C24H29ClN2O. The molecular weight excluding hydrogens is 368 g/mol. The molecule has 1 amide bonds. The van der Waals surface area contributed by atoms with E-state index >= 15 is 0 Å². The Labute approximate surface area is 173 Å². The molecule has 0 spiro atoms. The first-order valence-electron chi connectivity index (χ1n) is 9.99. The molecule has 0 heterocycles. The molecule has 2 aromatic carbocycles. The molecule has 148 valence electrons. The van der Waals surface area contributed by atoms with Gasteiger partial charge in [0.05, 0.1) is 5.71 Å². The van der Waals surface area contributed by atoms with Crippen LogP contribution >= 0.6 is 11.6 Å². The Morgan fingerprint density at radius 1 is 0.893 bits per heavy atom. The Balaban J connectivity index is 1.86. The maximum absolute atomic E-state index is 12.2. The van der Waals surface area contributed by atoms with Crippen LogP contribution in [0.2, 0.25) is 5.02 Å². The lowest BCUT2D eigenvalue weighted by molar-refractivity contribution is -0.121. The summed E-state index contributed by atoms with van der Waals surface area (Å²) in [5, 5.41) is 5.08. The van der Waals surface area contributed by atoms with E-state index in [0.717, 1.165) is 36.1 Å². The maximum atomic E-state index is 12.2. The Kier molecular flexibility index (Phi) is 10.1. The van der Waals surface area contributed by atoms with Crippen LogP contribution in [0.5, 0.6) is 0 Å². The van der Waals surface area contributed by atoms with Gasteiger partial charge in [-0.2, -0.15) is 5.10 Å². The first-order chi connectivity index (χ1) is 13.7. The molecule has 0 atom stereocenters. The lowest BCUT2D eigenvalue weighted by Gasteiger charge is -2.08. The number of hydrogen-bond donors (Lipinski definition) is 1. The number of rotatable bonds is 12. The molecule has 2 aromatic rings. The van der Waals surface area contributed by atoms with Gasteiger partial charge >= 0.3 is 0 Å². The molecule has 0 saturated carbocycles. The van der Waals surface area contributed by atoms with Gasteiger partial charge in [0.2, 0.25) is 5.91 Å². The summed E-state index contributed by atoms with van der Waals surface area (Å²) in [6.07, 6.45) is 10.4. The van der Waals surface area contributed by atoms with Crippen LogP contribution in [0.15, 0.2) is 72.4 Å². The lowest BCUT2D eigenvalue weighted by Crippen LogP contribution is -2.20. The highest BCUT2D eigenvalue weighted by Gasteiger charge is 2.08. The largest absolute Gasteiger partial charge is 0.273 e. The fourth-order valence-electron chi connectivity index (χ4n) is 2.96. The van der Waals surface area contributed by atoms with Gasteiger partial charge in [-0.25, -0.2) is 5.43 Å². The molecule has 2 rings (SSSR count). The third kappa shape index (κ3) is 8.10. The Bertz CT molecular complexity index is 754. The summed E-state index contributed by atoms with van der Waals surface area (Å²) < 4.78 is 0. The summed E-state index contributed by atoms with van der Waals surface area (Å²) in [6.45, 7) is 3.74. The van der Waals surface area contributed by atoms with Gasteiger partial charge in [-0.1, -0.05) is 85.8 Å². The van der Waals surface area contributed by atoms with E-state index in [1.54, 1.807) is 0 Å². The molecule has 4 heteroatoms. The monoisotopic (exact) mass is 396 g/mol. The van der Waals surface area contributed by atoms with Crippen LogP contribution in [-0.4, -0.2) is 11.6 Å². The van der Waals surface area contributed by atoms with Crippen molar-refractivity contribution < 1.29 is 4.79 Å². The van der Waals surface area contributed by atoms with Crippen molar-refractivity contribution >= 4 is 23.2 Å². The van der Waals surface area contributed by atoms with Crippen LogP contribution in [0.3, 0.4) is 0 Å². The first-order valence-corrected chi connectivity index (χ1v) is 10.4. The van der Waals surface area contributed by atoms with Crippen molar-refractivity contribution in [3.63, 3.8) is 0 Å². The van der Waals surface area contributed by atoms with E-state index in [-0.39, 0.29) is 5.91 Å². The normalized spacial score (nSPS) is 11.2. The lowest BCUT2D eigenvalue weighted by atomic mass is 10.0. The number of benzene rings is 2. The van der Waals surface area contributed by atoms with Gasteiger partial charge < -0.3 is 0 Å². The molecule has 0 aromatic heterocycles. The molecule has 0 unspecified atom stereocenters. The van der Waals surface area contributed by atoms with Gasteiger partial charge in [0.1, 0.15) is 0 Å². The molecule has 0 aliphatic carbocycles. The third-order valence-corrected chi connectivity index (χ3v) is 4.77. The molecule has 0 aliphatic rings. The predicted molar refractivity (Wildman–Crippen MR) is 119 cm³/mol. The van der Waals surface area contributed by atoms with Crippen LogP contribution in [0, 0.1) is 0 Å². The zero-order valence-electron chi connectivity index (χ0n) is 16.4. The minimum atomic E-state index is -0.0472. The predicted octanol–water partition coefficient (Wildman–Crippen LogP) is 6.52. The summed E-state index contributed by atoms with van der Waals surface area (Å²) in [5.41, 5.74) is 5.31. The highest BCUT2D eigenvalue weighted by atomic mass is 35.5. The van der Waals surface area contributed by atoms with E-state index in [0.29, 0.717) is 11.4 Å². The smallest absolute Gasteiger partial charge is 0.240 e. The van der Waals surface area contributed by atoms with E-state index in [9.17, 15) is 4.79 Å². The number of nitrogens with zero attached hydrogens (tertiary/aromatic N) is 1. The second-order valence-electron chi connectivity index (χ2n) is 6.82. The fraction of sp³-hybridized carbons (Fsp3) is 0.333. The zero-order chi connectivity index (χ0) is 20.0. The molecule has 0 saturated heterocycles. The molecule has 0 fully saturated rings. The van der Waals surface area contributed by atoms with Gasteiger partial charge in [0.15, 0.2) is 0 Å². The minimum Gasteiger partial charge on any atom is -0.273 e. The molecule has 1 N–H and O–H groups in total. The number of nitrogens with one attached hydrogen (secondary N) is 1. The quantitative estimate of drug-likeness (QED) is 0.189. The van der Waals surface area contributed by atoms with Crippen LogP contribution in [0.25, 0.3) is 0 Å². The van der Waals surface area contributed by atoms with Crippen LogP contribution in [0.4, 0.5) is 0 Å². The standard InChI is InChI=1S/C24H29ClN2O/c1-2-3-4-5-6-7-8-12-15-23(28)26-27-24(20-13-10-9-11-14-20)21-16-18-22(25)19-17-21/h2,9-11,13-14,16-19H,1,3-8,12,15H2,(H,26,28)/b27-24+. The van der Waals surface area contributed by atoms with Crippen LogP contribution in [-0.2, 0) is 4.79 Å². The second-order valence-corrected chi connectivity index (χ2v) is 7.25. The van der Waals surface area contributed by atoms with Crippen molar-refractivity contribution in [1.82, 2.24) is 5.43 Å². The van der Waals surface area contributed by atoms with E-state index in [2.05, 4.69) is 17.1 Å². The number of hydrazone groups is 1. The van der Waals surface area contributed by atoms with Crippen molar-refractivity contribution in [3.05, 3.63) is 83.4 Å². The number of carbonyl (C=O) groups excluding carboxylic acids is 1. The topological polar surface area (TPSA) is 41.5 Å². The minimum absolute atomic E-state index is 0.0472. The number of amides is 1. The third-order valence-electron chi connectivity index (χ3n) is 4.52. The Hall–Kier alpha value is -2.39. The molecule has 28 heavy (non-hydrogen) atoms. The first kappa shape index (κ1) is 21.9. The maximum Gasteiger partial charge on any atom is 0.240 e. The van der Waals surface area contributed by atoms with E-state index in [1.165, 1.54) is 25.7 Å². The van der Waals surface area contributed by atoms with Gasteiger partial charge in [-0.05, 0) is 31.4 Å². The second kappa shape index (κ2) is 12.9. The van der Waals surface area contributed by atoms with Crippen molar-refractivity contribution in [2.45, 2.75) is 51.4 Å². The molecule has 0 bridgehead atoms. The Morgan fingerprint density at radius 2 is 1.50 bits per heavy atom. The van der Waals surface area contributed by atoms with Crippen molar-refractivity contribution in [2.75, 3.05) is 0 Å². The van der Waals surface area contributed by atoms with Gasteiger partial charge in [0, 0.05) is 22.6 Å². The number of halogens is 1. The average Bonchev–Trinajstić information content (AvgIpc) is 2.72. The van der Waals surface area contributed by atoms with Gasteiger partial charge in [0.25, 0.3) is 0 Å². The fourth-order valence-corrected chi connectivity index (χ4v) is 3.08. The van der Waals surface area contributed by atoms with Gasteiger partial charge in [-0.15, -0.1) is 6.58 Å². The number of carbonyl (C=O) groups is 1.